The molecule has 94 valence electrons. The number of nitrogens with two attached hydrogens (primary N) is 1. The molecular formula is C12H20N4O. The van der Waals surface area contributed by atoms with E-state index in [0.29, 0.717) is 12.8 Å². The van der Waals surface area contributed by atoms with Crippen molar-refractivity contribution in [2.75, 3.05) is 17.6 Å². The molecule has 0 spiro atoms. The van der Waals surface area contributed by atoms with Gasteiger partial charge in [-0.25, -0.2) is 4.98 Å². The number of Topliss-reactive ketones (excluding diaryl/α,β-unsaturated/α-hetero) is 1. The zero-order valence-corrected chi connectivity index (χ0v) is 10.5. The quantitative estimate of drug-likeness (QED) is 0.705. The van der Waals surface area contributed by atoms with Crippen LogP contribution in [0.15, 0.2) is 6.07 Å². The minimum Gasteiger partial charge on any atom is -0.370 e. The number of nitrogen functional groups attached to an aromatic ring is 1. The number of hydrogen-bond acceptors (Lipinski definition) is 5. The van der Waals surface area contributed by atoms with Crippen molar-refractivity contribution in [2.45, 2.75) is 39.5 Å². The van der Waals surface area contributed by atoms with E-state index in [0.717, 1.165) is 30.9 Å². The molecule has 0 saturated carbocycles. The number of aromatic nitrogens is 2. The Morgan fingerprint density at radius 2 is 2.24 bits per heavy atom. The van der Waals surface area contributed by atoms with Gasteiger partial charge in [0.05, 0.1) is 0 Å². The van der Waals surface area contributed by atoms with Crippen LogP contribution in [0.5, 0.6) is 0 Å². The van der Waals surface area contributed by atoms with Gasteiger partial charge in [0.1, 0.15) is 11.6 Å². The number of ketones is 1. The maximum Gasteiger partial charge on any atom is 0.222 e. The monoisotopic (exact) mass is 236 g/mol. The van der Waals surface area contributed by atoms with Crippen LogP contribution >= 0.6 is 0 Å². The average Bonchev–Trinajstić information content (AvgIpc) is 2.26. The van der Waals surface area contributed by atoms with Crippen molar-refractivity contribution in [1.29, 1.82) is 0 Å². The number of rotatable bonds is 7. The van der Waals surface area contributed by atoms with E-state index in [4.69, 9.17) is 5.73 Å². The van der Waals surface area contributed by atoms with E-state index in [9.17, 15) is 4.79 Å². The number of aryl methyl sites for hydroxylation is 1. The van der Waals surface area contributed by atoms with Crippen LogP contribution in [0, 0.1) is 0 Å². The van der Waals surface area contributed by atoms with E-state index in [1.54, 1.807) is 6.92 Å². The lowest BCUT2D eigenvalue weighted by atomic mass is 10.2. The van der Waals surface area contributed by atoms with E-state index in [-0.39, 0.29) is 11.7 Å². The molecule has 0 aliphatic heterocycles. The molecule has 0 aromatic carbocycles. The summed E-state index contributed by atoms with van der Waals surface area (Å²) in [6, 6.07) is 1.86. The van der Waals surface area contributed by atoms with Gasteiger partial charge in [0.15, 0.2) is 0 Å². The van der Waals surface area contributed by atoms with Gasteiger partial charge in [-0.15, -0.1) is 0 Å². The number of carbonyl (C=O) groups excluding carboxylic acids is 1. The topological polar surface area (TPSA) is 80.9 Å². The van der Waals surface area contributed by atoms with Gasteiger partial charge in [0, 0.05) is 24.7 Å². The molecule has 1 aromatic rings. The highest BCUT2D eigenvalue weighted by atomic mass is 16.1. The molecule has 0 saturated heterocycles. The summed E-state index contributed by atoms with van der Waals surface area (Å²) in [7, 11) is 0. The number of nitrogens with one attached hydrogen (secondary N) is 1. The van der Waals surface area contributed by atoms with Gasteiger partial charge in [-0.2, -0.15) is 4.98 Å². The predicted octanol–water partition coefficient (Wildman–Crippen LogP) is 1.79. The van der Waals surface area contributed by atoms with Crippen LogP contribution < -0.4 is 11.1 Å². The van der Waals surface area contributed by atoms with Crippen LogP contribution in [0.1, 0.15) is 38.8 Å². The van der Waals surface area contributed by atoms with Crippen molar-refractivity contribution < 1.29 is 4.79 Å². The molecule has 0 fully saturated rings. The first-order valence-corrected chi connectivity index (χ1v) is 5.98. The Bertz CT molecular complexity index is 379. The molecule has 5 heteroatoms. The van der Waals surface area contributed by atoms with Crippen LogP contribution in [0.3, 0.4) is 0 Å². The highest BCUT2D eigenvalue weighted by Crippen LogP contribution is 2.10. The summed E-state index contributed by atoms with van der Waals surface area (Å²) in [4.78, 5) is 19.1. The van der Waals surface area contributed by atoms with Crippen LogP contribution in [0.25, 0.3) is 0 Å². The van der Waals surface area contributed by atoms with Crippen molar-refractivity contribution >= 4 is 17.5 Å². The molecule has 3 N–H and O–H groups in total. The highest BCUT2D eigenvalue weighted by molar-refractivity contribution is 5.75. The summed E-state index contributed by atoms with van der Waals surface area (Å²) in [5.74, 6) is 1.15. The van der Waals surface area contributed by atoms with Crippen LogP contribution in [-0.4, -0.2) is 22.3 Å². The Labute approximate surface area is 102 Å². The first kappa shape index (κ1) is 13.4. The zero-order valence-electron chi connectivity index (χ0n) is 10.5. The minimum absolute atomic E-state index is 0.155. The molecule has 0 aliphatic rings. The zero-order chi connectivity index (χ0) is 12.7. The normalized spacial score (nSPS) is 10.2. The molecule has 0 atom stereocenters. The molecule has 5 nitrogen and oxygen atoms in total. The smallest absolute Gasteiger partial charge is 0.222 e. The van der Waals surface area contributed by atoms with Crippen LogP contribution in [0.4, 0.5) is 11.8 Å². The number of carbonyl (C=O) groups is 1. The van der Waals surface area contributed by atoms with E-state index in [1.807, 2.05) is 6.07 Å². The third-order valence-electron chi connectivity index (χ3n) is 2.37. The van der Waals surface area contributed by atoms with Crippen LogP contribution in [0.2, 0.25) is 0 Å². The van der Waals surface area contributed by atoms with Gasteiger partial charge < -0.3 is 15.8 Å². The lowest BCUT2D eigenvalue weighted by Crippen LogP contribution is -2.08. The fraction of sp³-hybridized carbons (Fsp3) is 0.583. The van der Waals surface area contributed by atoms with Gasteiger partial charge in [-0.05, 0) is 19.8 Å². The largest absolute Gasteiger partial charge is 0.370 e. The van der Waals surface area contributed by atoms with E-state index in [2.05, 4.69) is 22.2 Å². The summed E-state index contributed by atoms with van der Waals surface area (Å²) in [6.07, 6.45) is 3.33. The van der Waals surface area contributed by atoms with Crippen molar-refractivity contribution in [1.82, 2.24) is 9.97 Å². The Balaban J connectivity index is 2.62. The highest BCUT2D eigenvalue weighted by Gasteiger charge is 2.03. The molecule has 0 bridgehead atoms. The average molecular weight is 236 g/mol. The molecule has 1 aromatic heterocycles. The predicted molar refractivity (Wildman–Crippen MR) is 68.8 cm³/mol. The molecule has 0 unspecified atom stereocenters. The molecule has 0 aliphatic carbocycles. The standard InChI is InChI=1S/C12H20N4O/c1-3-4-7-14-11-8-10(6-5-9(2)17)15-12(13)16-11/h8H,3-7H2,1-2H3,(H3,13,14,15,16). The third kappa shape index (κ3) is 5.29. The second-order valence-electron chi connectivity index (χ2n) is 4.09. The number of anilines is 2. The lowest BCUT2D eigenvalue weighted by Gasteiger charge is -2.07. The van der Waals surface area contributed by atoms with Gasteiger partial charge in [0.25, 0.3) is 0 Å². The van der Waals surface area contributed by atoms with E-state index in [1.165, 1.54) is 0 Å². The Kier molecular flexibility index (Phi) is 5.39. The first-order valence-electron chi connectivity index (χ1n) is 5.98. The van der Waals surface area contributed by atoms with Gasteiger partial charge in [-0.3, -0.25) is 0 Å². The molecule has 0 radical (unpaired) electrons. The van der Waals surface area contributed by atoms with Gasteiger partial charge in [-0.1, -0.05) is 13.3 Å². The van der Waals surface area contributed by atoms with Gasteiger partial charge in [0.2, 0.25) is 5.95 Å². The maximum atomic E-state index is 10.9. The summed E-state index contributed by atoms with van der Waals surface area (Å²) < 4.78 is 0. The SMILES string of the molecule is CCCCNc1cc(CCC(C)=O)nc(N)n1. The Hall–Kier alpha value is -1.65. The summed E-state index contributed by atoms with van der Waals surface area (Å²) in [5.41, 5.74) is 6.43. The van der Waals surface area contributed by atoms with E-state index >= 15 is 0 Å². The van der Waals surface area contributed by atoms with Crippen molar-refractivity contribution in [2.24, 2.45) is 0 Å². The molecular weight excluding hydrogens is 216 g/mol. The number of hydrogen-bond donors (Lipinski definition) is 2. The van der Waals surface area contributed by atoms with E-state index < -0.39 is 0 Å². The minimum atomic E-state index is 0.155. The summed E-state index contributed by atoms with van der Waals surface area (Å²) in [6.45, 7) is 4.58. The molecule has 1 heterocycles. The summed E-state index contributed by atoms with van der Waals surface area (Å²) >= 11 is 0. The first-order chi connectivity index (χ1) is 8.11. The molecule has 17 heavy (non-hydrogen) atoms. The number of unbranched alkanes of at least 4 members (excludes halogenated alkanes) is 1. The van der Waals surface area contributed by atoms with Crippen molar-refractivity contribution in [3.8, 4) is 0 Å². The van der Waals surface area contributed by atoms with Crippen molar-refractivity contribution in [3.05, 3.63) is 11.8 Å². The summed E-state index contributed by atoms with van der Waals surface area (Å²) in [5, 5.41) is 3.20. The third-order valence-corrected chi connectivity index (χ3v) is 2.37. The number of nitrogens with zero attached hydrogens (tertiary/aromatic N) is 2. The second-order valence-corrected chi connectivity index (χ2v) is 4.09. The van der Waals surface area contributed by atoms with Crippen LogP contribution in [-0.2, 0) is 11.2 Å². The fourth-order valence-electron chi connectivity index (χ4n) is 1.43. The maximum absolute atomic E-state index is 10.9. The van der Waals surface area contributed by atoms with Crippen molar-refractivity contribution in [3.63, 3.8) is 0 Å². The molecule has 1 rings (SSSR count). The second kappa shape index (κ2) is 6.83. The van der Waals surface area contributed by atoms with Gasteiger partial charge >= 0.3 is 0 Å². The lowest BCUT2D eigenvalue weighted by molar-refractivity contribution is -0.116. The Morgan fingerprint density at radius 1 is 1.47 bits per heavy atom. The fourth-order valence-corrected chi connectivity index (χ4v) is 1.43. The Morgan fingerprint density at radius 3 is 2.88 bits per heavy atom. The molecule has 0 amide bonds.